The summed E-state index contributed by atoms with van der Waals surface area (Å²) >= 11 is 6.31. The molecule has 0 bridgehead atoms. The van der Waals surface area contributed by atoms with Crippen molar-refractivity contribution in [2.45, 2.75) is 59.0 Å². The van der Waals surface area contributed by atoms with Crippen molar-refractivity contribution in [3.63, 3.8) is 0 Å². The molecule has 3 aromatic heterocycles. The van der Waals surface area contributed by atoms with Gasteiger partial charge in [-0.3, -0.25) is 9.78 Å². The summed E-state index contributed by atoms with van der Waals surface area (Å²) < 4.78 is 13.2. The van der Waals surface area contributed by atoms with Gasteiger partial charge in [-0.2, -0.15) is 5.10 Å². The van der Waals surface area contributed by atoms with Crippen molar-refractivity contribution in [2.24, 2.45) is 5.92 Å². The van der Waals surface area contributed by atoms with Crippen LogP contribution in [0.1, 0.15) is 56.5 Å². The number of aromatic nitrogens is 3. The summed E-state index contributed by atoms with van der Waals surface area (Å²) in [5.74, 6) is 0.510. The molecule has 0 radical (unpaired) electrons. The number of halogens is 1. The van der Waals surface area contributed by atoms with E-state index in [-0.39, 0.29) is 5.97 Å². The molecule has 6 nitrogen and oxygen atoms in total. The quantitative estimate of drug-likeness (QED) is 0.361. The van der Waals surface area contributed by atoms with Gasteiger partial charge in [0.05, 0.1) is 29.4 Å². The van der Waals surface area contributed by atoms with Crippen molar-refractivity contribution in [1.29, 1.82) is 0 Å². The van der Waals surface area contributed by atoms with Crippen molar-refractivity contribution in [2.75, 3.05) is 13.2 Å². The number of rotatable bonds is 11. The molecule has 1 fully saturated rings. The van der Waals surface area contributed by atoms with Crippen molar-refractivity contribution >= 4 is 23.1 Å². The molecule has 0 saturated heterocycles. The van der Waals surface area contributed by atoms with Gasteiger partial charge < -0.3 is 9.47 Å². The zero-order valence-corrected chi connectivity index (χ0v) is 19.5. The summed E-state index contributed by atoms with van der Waals surface area (Å²) in [5.41, 5.74) is 6.15. The second-order valence-electron chi connectivity index (χ2n) is 8.28. The van der Waals surface area contributed by atoms with Gasteiger partial charge in [0.25, 0.3) is 0 Å². The summed E-state index contributed by atoms with van der Waals surface area (Å²) in [5, 5.41) is 5.57. The molecule has 7 heteroatoms. The fourth-order valence-corrected chi connectivity index (χ4v) is 4.21. The highest BCUT2D eigenvalue weighted by molar-refractivity contribution is 6.30. The number of fused-ring (bicyclic) bond motifs is 1. The summed E-state index contributed by atoms with van der Waals surface area (Å²) in [6.45, 7) is 5.57. The normalized spacial score (nSPS) is 13.6. The molecule has 170 valence electrons. The maximum absolute atomic E-state index is 11.9. The maximum Gasteiger partial charge on any atom is 0.305 e. The number of hydrogen-bond donors (Lipinski definition) is 0. The molecule has 1 saturated carbocycles. The first-order valence-electron chi connectivity index (χ1n) is 11.5. The van der Waals surface area contributed by atoms with Gasteiger partial charge in [0, 0.05) is 42.2 Å². The van der Waals surface area contributed by atoms with Crippen LogP contribution >= 0.6 is 11.6 Å². The Bertz CT molecular complexity index is 1090. The van der Waals surface area contributed by atoms with Gasteiger partial charge in [-0.25, -0.2) is 4.52 Å². The van der Waals surface area contributed by atoms with Gasteiger partial charge in [0.1, 0.15) is 0 Å². The van der Waals surface area contributed by atoms with E-state index in [1.165, 1.54) is 12.8 Å². The van der Waals surface area contributed by atoms with E-state index >= 15 is 0 Å². The van der Waals surface area contributed by atoms with Crippen LogP contribution in [-0.2, 0) is 33.7 Å². The number of esters is 1. The molecule has 0 atom stereocenters. The number of carbonyl (C=O) groups excluding carboxylic acids is 1. The number of pyridine rings is 1. The zero-order valence-electron chi connectivity index (χ0n) is 18.8. The lowest BCUT2D eigenvalue weighted by Crippen LogP contribution is -2.12. The molecule has 4 rings (SSSR count). The predicted molar refractivity (Wildman–Crippen MR) is 125 cm³/mol. The van der Waals surface area contributed by atoms with Gasteiger partial charge in [-0.15, -0.1) is 0 Å². The summed E-state index contributed by atoms with van der Waals surface area (Å²) in [7, 11) is 0. The third-order valence-corrected chi connectivity index (χ3v) is 6.03. The van der Waals surface area contributed by atoms with Crippen LogP contribution in [0.15, 0.2) is 30.6 Å². The van der Waals surface area contributed by atoms with Crippen molar-refractivity contribution < 1.29 is 14.3 Å². The highest BCUT2D eigenvalue weighted by atomic mass is 35.5. The standard InChI is InChI=1S/C25H30ClN3O3/c1-3-20-10-11-23-25(18-12-19(26)14-27-13-18)21(6-5-7-24(30)32-4-2)22(28-29(20)23)16-31-15-17-8-9-17/h10-14,17H,3-9,15-16H2,1-2H3. The first-order valence-corrected chi connectivity index (χ1v) is 11.8. The molecule has 3 heterocycles. The number of nitrogens with zero attached hydrogens (tertiary/aromatic N) is 3. The molecule has 32 heavy (non-hydrogen) atoms. The Morgan fingerprint density at radius 3 is 2.81 bits per heavy atom. The number of ether oxygens (including phenoxy) is 2. The molecule has 0 aromatic carbocycles. The van der Waals surface area contributed by atoms with E-state index in [4.69, 9.17) is 26.2 Å². The van der Waals surface area contributed by atoms with E-state index in [9.17, 15) is 4.79 Å². The Morgan fingerprint density at radius 2 is 2.09 bits per heavy atom. The smallest absolute Gasteiger partial charge is 0.305 e. The van der Waals surface area contributed by atoms with Crippen molar-refractivity contribution in [3.8, 4) is 11.1 Å². The zero-order chi connectivity index (χ0) is 22.5. The maximum atomic E-state index is 11.9. The molecule has 0 unspecified atom stereocenters. The van der Waals surface area contributed by atoms with E-state index in [2.05, 4.69) is 24.0 Å². The van der Waals surface area contributed by atoms with Gasteiger partial charge >= 0.3 is 5.97 Å². The predicted octanol–water partition coefficient (Wildman–Crippen LogP) is 5.42. The molecule has 0 amide bonds. The van der Waals surface area contributed by atoms with E-state index in [0.717, 1.165) is 46.6 Å². The van der Waals surface area contributed by atoms with Crippen LogP contribution < -0.4 is 0 Å². The molecule has 0 N–H and O–H groups in total. The van der Waals surface area contributed by atoms with Crippen LogP contribution in [0.2, 0.25) is 5.02 Å². The molecule has 3 aromatic rings. The molecular formula is C25H30ClN3O3. The highest BCUT2D eigenvalue weighted by Crippen LogP contribution is 2.34. The third kappa shape index (κ3) is 5.30. The average Bonchev–Trinajstić information content (AvgIpc) is 3.51. The van der Waals surface area contributed by atoms with Crippen LogP contribution in [0.25, 0.3) is 16.6 Å². The molecule has 1 aliphatic carbocycles. The van der Waals surface area contributed by atoms with Crippen LogP contribution in [0.5, 0.6) is 0 Å². The van der Waals surface area contributed by atoms with Gasteiger partial charge in [0.15, 0.2) is 0 Å². The summed E-state index contributed by atoms with van der Waals surface area (Å²) in [4.78, 5) is 16.3. The lowest BCUT2D eigenvalue weighted by atomic mass is 9.95. The molecule has 1 aliphatic rings. The van der Waals surface area contributed by atoms with E-state index in [0.29, 0.717) is 43.4 Å². The minimum atomic E-state index is -0.171. The Hall–Kier alpha value is -2.44. The monoisotopic (exact) mass is 455 g/mol. The molecule has 0 spiro atoms. The summed E-state index contributed by atoms with van der Waals surface area (Å²) in [6, 6.07) is 6.15. The van der Waals surface area contributed by atoms with Crippen LogP contribution in [-0.4, -0.2) is 33.8 Å². The van der Waals surface area contributed by atoms with Crippen LogP contribution in [0.4, 0.5) is 0 Å². The molecular weight excluding hydrogens is 426 g/mol. The lowest BCUT2D eigenvalue weighted by molar-refractivity contribution is -0.143. The third-order valence-electron chi connectivity index (χ3n) is 5.82. The average molecular weight is 456 g/mol. The van der Waals surface area contributed by atoms with Crippen LogP contribution in [0.3, 0.4) is 0 Å². The second-order valence-corrected chi connectivity index (χ2v) is 8.72. The van der Waals surface area contributed by atoms with Gasteiger partial charge in [-0.05, 0) is 68.7 Å². The van der Waals surface area contributed by atoms with E-state index in [1.54, 1.807) is 6.20 Å². The highest BCUT2D eigenvalue weighted by Gasteiger charge is 2.23. The van der Waals surface area contributed by atoms with Gasteiger partial charge in [-0.1, -0.05) is 18.5 Å². The Kier molecular flexibility index (Phi) is 7.43. The molecule has 0 aliphatic heterocycles. The van der Waals surface area contributed by atoms with Crippen LogP contribution in [0, 0.1) is 5.92 Å². The first-order chi connectivity index (χ1) is 15.6. The Balaban J connectivity index is 1.76. The Morgan fingerprint density at radius 1 is 1.25 bits per heavy atom. The SMILES string of the molecule is CCOC(=O)CCCc1c(COCC2CC2)nn2c(CC)ccc2c1-c1cncc(Cl)c1. The minimum Gasteiger partial charge on any atom is -0.466 e. The fourth-order valence-electron chi connectivity index (χ4n) is 4.03. The van der Waals surface area contributed by atoms with Crippen molar-refractivity contribution in [1.82, 2.24) is 14.6 Å². The Labute approximate surface area is 193 Å². The number of hydrogen-bond acceptors (Lipinski definition) is 5. The fraction of sp³-hybridized carbons (Fsp3) is 0.480. The second kappa shape index (κ2) is 10.5. The largest absolute Gasteiger partial charge is 0.466 e. The van der Waals surface area contributed by atoms with E-state index < -0.39 is 0 Å². The lowest BCUT2D eigenvalue weighted by Gasteiger charge is -2.18. The van der Waals surface area contributed by atoms with Crippen molar-refractivity contribution in [3.05, 3.63) is 52.6 Å². The topological polar surface area (TPSA) is 65.7 Å². The van der Waals surface area contributed by atoms with Gasteiger partial charge in [0.2, 0.25) is 0 Å². The van der Waals surface area contributed by atoms with E-state index in [1.807, 2.05) is 23.7 Å². The first kappa shape index (κ1) is 22.7. The summed E-state index contributed by atoms with van der Waals surface area (Å²) in [6.07, 6.45) is 8.58. The number of aryl methyl sites for hydroxylation is 1. The number of carbonyl (C=O) groups is 1. The minimum absolute atomic E-state index is 0.171.